The van der Waals surface area contributed by atoms with Crippen molar-refractivity contribution < 1.29 is 13.2 Å². The highest BCUT2D eigenvalue weighted by atomic mass is 32.2. The van der Waals surface area contributed by atoms with Gasteiger partial charge in [0.2, 0.25) is 0 Å². The number of nitrogens with zero attached hydrogens (tertiary/aromatic N) is 1. The molecule has 0 radical (unpaired) electrons. The van der Waals surface area contributed by atoms with Crippen molar-refractivity contribution in [2.75, 3.05) is 39.4 Å². The summed E-state index contributed by atoms with van der Waals surface area (Å²) < 4.78 is 33.8. The highest BCUT2D eigenvalue weighted by Gasteiger charge is 2.27. The molecule has 1 aliphatic rings. The van der Waals surface area contributed by atoms with Gasteiger partial charge in [-0.1, -0.05) is 13.3 Å². The van der Waals surface area contributed by atoms with Gasteiger partial charge in [-0.05, 0) is 38.1 Å². The summed E-state index contributed by atoms with van der Waals surface area (Å²) >= 11 is 0. The van der Waals surface area contributed by atoms with Crippen LogP contribution in [0.1, 0.15) is 39.0 Å². The number of ether oxygens (including phenoxy) is 1. The van der Waals surface area contributed by atoms with Crippen molar-refractivity contribution in [3.05, 3.63) is 0 Å². The minimum atomic E-state index is -3.35. The van der Waals surface area contributed by atoms with Crippen molar-refractivity contribution in [1.82, 2.24) is 9.03 Å². The molecular weight excluding hydrogens is 278 g/mol. The number of rotatable bonds is 10. The van der Waals surface area contributed by atoms with Gasteiger partial charge in [-0.3, -0.25) is 0 Å². The second kappa shape index (κ2) is 9.68. The van der Waals surface area contributed by atoms with Gasteiger partial charge in [0.1, 0.15) is 0 Å². The number of hydrogen-bond acceptors (Lipinski definition) is 4. The first-order valence-electron chi connectivity index (χ1n) is 7.62. The number of nitrogens with two attached hydrogens (primary N) is 1. The summed E-state index contributed by atoms with van der Waals surface area (Å²) in [5.41, 5.74) is 5.63. The molecule has 1 aliphatic heterocycles. The smallest absolute Gasteiger partial charge is 0.279 e. The minimum Gasteiger partial charge on any atom is -0.381 e. The van der Waals surface area contributed by atoms with E-state index in [2.05, 4.69) is 11.6 Å². The molecule has 0 saturated carbocycles. The Kier molecular flexibility index (Phi) is 8.63. The van der Waals surface area contributed by atoms with E-state index in [1.165, 1.54) is 4.31 Å². The lowest BCUT2D eigenvalue weighted by Crippen LogP contribution is -2.47. The summed E-state index contributed by atoms with van der Waals surface area (Å²) in [7, 11) is -3.35. The third-order valence-electron chi connectivity index (χ3n) is 3.55. The van der Waals surface area contributed by atoms with E-state index in [1.54, 1.807) is 0 Å². The Labute approximate surface area is 123 Å². The maximum Gasteiger partial charge on any atom is 0.279 e. The van der Waals surface area contributed by atoms with Gasteiger partial charge in [0.05, 0.1) is 0 Å². The molecule has 20 heavy (non-hydrogen) atoms. The second-order valence-electron chi connectivity index (χ2n) is 5.32. The maximum absolute atomic E-state index is 12.1. The molecule has 6 nitrogen and oxygen atoms in total. The van der Waals surface area contributed by atoms with Crippen LogP contribution in [-0.2, 0) is 14.9 Å². The standard InChI is InChI=1S/C13H29N3O3S/c1-2-3-9-19-10-5-7-15-20(17,18)16-8-4-6-13(11-14)12-16/h13,15H,2-12,14H2,1H3. The van der Waals surface area contributed by atoms with Crippen LogP contribution in [-0.4, -0.2) is 52.1 Å². The predicted octanol–water partition coefficient (Wildman–Crippen LogP) is 0.698. The fourth-order valence-corrected chi connectivity index (χ4v) is 3.61. The molecule has 1 fully saturated rings. The van der Waals surface area contributed by atoms with Gasteiger partial charge in [0, 0.05) is 32.8 Å². The van der Waals surface area contributed by atoms with Crippen LogP contribution in [0.4, 0.5) is 0 Å². The fraction of sp³-hybridized carbons (Fsp3) is 1.00. The third kappa shape index (κ3) is 6.49. The van der Waals surface area contributed by atoms with Crippen LogP contribution in [0.3, 0.4) is 0 Å². The van der Waals surface area contributed by atoms with E-state index in [4.69, 9.17) is 10.5 Å². The van der Waals surface area contributed by atoms with Crippen molar-refractivity contribution in [1.29, 1.82) is 0 Å². The van der Waals surface area contributed by atoms with E-state index in [0.717, 1.165) is 32.3 Å². The van der Waals surface area contributed by atoms with Crippen LogP contribution in [0, 0.1) is 5.92 Å². The number of nitrogens with one attached hydrogen (secondary N) is 1. The Balaban J connectivity index is 2.20. The third-order valence-corrected chi connectivity index (χ3v) is 5.13. The lowest BCUT2D eigenvalue weighted by molar-refractivity contribution is 0.129. The van der Waals surface area contributed by atoms with Crippen LogP contribution >= 0.6 is 0 Å². The van der Waals surface area contributed by atoms with E-state index in [1.807, 2.05) is 0 Å². The van der Waals surface area contributed by atoms with Gasteiger partial charge in [-0.2, -0.15) is 12.7 Å². The van der Waals surface area contributed by atoms with E-state index in [-0.39, 0.29) is 5.92 Å². The van der Waals surface area contributed by atoms with Crippen molar-refractivity contribution in [2.45, 2.75) is 39.0 Å². The van der Waals surface area contributed by atoms with Gasteiger partial charge in [-0.15, -0.1) is 0 Å². The Morgan fingerprint density at radius 2 is 2.10 bits per heavy atom. The highest BCUT2D eigenvalue weighted by Crippen LogP contribution is 2.17. The van der Waals surface area contributed by atoms with Crippen molar-refractivity contribution in [2.24, 2.45) is 11.7 Å². The first-order chi connectivity index (χ1) is 9.60. The molecule has 0 aromatic carbocycles. The van der Waals surface area contributed by atoms with Gasteiger partial charge < -0.3 is 10.5 Å². The maximum atomic E-state index is 12.1. The lowest BCUT2D eigenvalue weighted by Gasteiger charge is -2.31. The summed E-state index contributed by atoms with van der Waals surface area (Å²) in [4.78, 5) is 0. The van der Waals surface area contributed by atoms with E-state index in [0.29, 0.717) is 39.2 Å². The normalized spacial score (nSPS) is 21.2. The molecule has 1 atom stereocenters. The zero-order valence-electron chi connectivity index (χ0n) is 12.5. The van der Waals surface area contributed by atoms with E-state index in [9.17, 15) is 8.42 Å². The summed E-state index contributed by atoms with van der Waals surface area (Å²) in [6, 6.07) is 0. The molecule has 0 aromatic heterocycles. The molecule has 0 bridgehead atoms. The quantitative estimate of drug-likeness (QED) is 0.582. The molecule has 0 aliphatic carbocycles. The van der Waals surface area contributed by atoms with Gasteiger partial charge in [-0.25, -0.2) is 4.72 Å². The minimum absolute atomic E-state index is 0.290. The second-order valence-corrected chi connectivity index (χ2v) is 7.08. The molecular formula is C13H29N3O3S. The van der Waals surface area contributed by atoms with E-state index >= 15 is 0 Å². The van der Waals surface area contributed by atoms with Crippen LogP contribution < -0.4 is 10.5 Å². The number of hydrogen-bond donors (Lipinski definition) is 2. The summed E-state index contributed by atoms with van der Waals surface area (Å²) in [6.07, 6.45) is 4.79. The van der Waals surface area contributed by atoms with Crippen LogP contribution in [0.25, 0.3) is 0 Å². The average molecular weight is 307 g/mol. The van der Waals surface area contributed by atoms with Gasteiger partial charge >= 0.3 is 0 Å². The largest absolute Gasteiger partial charge is 0.381 e. The molecule has 1 rings (SSSR count). The first-order valence-corrected chi connectivity index (χ1v) is 9.06. The fourth-order valence-electron chi connectivity index (χ4n) is 2.25. The molecule has 120 valence electrons. The topological polar surface area (TPSA) is 84.7 Å². The molecule has 3 N–H and O–H groups in total. The lowest BCUT2D eigenvalue weighted by atomic mass is 10.0. The Bertz CT molecular complexity index is 349. The number of piperidine rings is 1. The monoisotopic (exact) mass is 307 g/mol. The molecule has 7 heteroatoms. The van der Waals surface area contributed by atoms with E-state index < -0.39 is 10.2 Å². The Hall–Kier alpha value is -0.210. The number of unbranched alkanes of at least 4 members (excludes halogenated alkanes) is 1. The Morgan fingerprint density at radius 3 is 2.80 bits per heavy atom. The Morgan fingerprint density at radius 1 is 1.35 bits per heavy atom. The molecule has 1 unspecified atom stereocenters. The first kappa shape index (κ1) is 17.8. The van der Waals surface area contributed by atoms with Gasteiger partial charge in [0.15, 0.2) is 0 Å². The average Bonchev–Trinajstić information content (AvgIpc) is 2.46. The summed E-state index contributed by atoms with van der Waals surface area (Å²) in [5, 5.41) is 0. The van der Waals surface area contributed by atoms with Crippen molar-refractivity contribution >= 4 is 10.2 Å². The molecule has 0 aromatic rings. The van der Waals surface area contributed by atoms with Gasteiger partial charge in [0.25, 0.3) is 10.2 Å². The summed E-state index contributed by atoms with van der Waals surface area (Å²) in [5.74, 6) is 0.290. The SMILES string of the molecule is CCCCOCCCNS(=O)(=O)N1CCCC(CN)C1. The van der Waals surface area contributed by atoms with Crippen LogP contribution in [0.2, 0.25) is 0 Å². The van der Waals surface area contributed by atoms with Crippen molar-refractivity contribution in [3.8, 4) is 0 Å². The van der Waals surface area contributed by atoms with Crippen molar-refractivity contribution in [3.63, 3.8) is 0 Å². The zero-order valence-corrected chi connectivity index (χ0v) is 13.3. The molecule has 1 saturated heterocycles. The molecule has 0 amide bonds. The van der Waals surface area contributed by atoms with Crippen LogP contribution in [0.15, 0.2) is 0 Å². The molecule has 0 spiro atoms. The molecule has 1 heterocycles. The summed E-state index contributed by atoms with van der Waals surface area (Å²) in [6.45, 7) is 5.60. The predicted molar refractivity (Wildman–Crippen MR) is 80.6 cm³/mol. The highest BCUT2D eigenvalue weighted by molar-refractivity contribution is 7.87. The zero-order chi connectivity index (χ0) is 14.8. The van der Waals surface area contributed by atoms with Crippen LogP contribution in [0.5, 0.6) is 0 Å².